The molecule has 7 heteroatoms. The Hall–Kier alpha value is -2.86. The average molecular weight is 392 g/mol. The van der Waals surface area contributed by atoms with Gasteiger partial charge in [-0.05, 0) is 36.6 Å². The molecule has 1 saturated heterocycles. The van der Waals surface area contributed by atoms with Crippen LogP contribution in [0.15, 0.2) is 47.5 Å². The number of rotatable bonds is 1. The SMILES string of the molecule is O=c1cccc2n1C[C@H]1C[C@@H]2CN(c2ncnc3c2[nH]c2ccc(Cl)cc23)C1. The quantitative estimate of drug-likeness (QED) is 0.539. The van der Waals surface area contributed by atoms with E-state index in [4.69, 9.17) is 11.6 Å². The third kappa shape index (κ3) is 2.31. The van der Waals surface area contributed by atoms with Crippen molar-refractivity contribution >= 4 is 39.4 Å². The number of anilines is 1. The summed E-state index contributed by atoms with van der Waals surface area (Å²) in [5.41, 5.74) is 4.11. The zero-order valence-electron chi connectivity index (χ0n) is 15.1. The Morgan fingerprint density at radius 2 is 2.04 bits per heavy atom. The van der Waals surface area contributed by atoms with Gasteiger partial charge in [0.05, 0.1) is 0 Å². The van der Waals surface area contributed by atoms with Gasteiger partial charge in [0, 0.05) is 53.2 Å². The van der Waals surface area contributed by atoms with E-state index in [9.17, 15) is 4.79 Å². The predicted molar refractivity (Wildman–Crippen MR) is 110 cm³/mol. The number of hydrogen-bond donors (Lipinski definition) is 1. The molecule has 0 saturated carbocycles. The second kappa shape index (κ2) is 5.82. The molecular weight excluding hydrogens is 374 g/mol. The number of nitrogens with one attached hydrogen (secondary N) is 1. The molecule has 1 aromatic carbocycles. The highest BCUT2D eigenvalue weighted by Crippen LogP contribution is 2.38. The Bertz CT molecular complexity index is 1290. The summed E-state index contributed by atoms with van der Waals surface area (Å²) < 4.78 is 1.96. The van der Waals surface area contributed by atoms with Crippen molar-refractivity contribution in [2.75, 3.05) is 18.0 Å². The first kappa shape index (κ1) is 16.1. The lowest BCUT2D eigenvalue weighted by Crippen LogP contribution is -2.47. The summed E-state index contributed by atoms with van der Waals surface area (Å²) in [4.78, 5) is 27.2. The summed E-state index contributed by atoms with van der Waals surface area (Å²) >= 11 is 6.19. The average Bonchev–Trinajstić information content (AvgIpc) is 3.07. The molecule has 1 N–H and O–H groups in total. The van der Waals surface area contributed by atoms with Crippen molar-refractivity contribution < 1.29 is 0 Å². The van der Waals surface area contributed by atoms with E-state index in [1.807, 2.05) is 28.8 Å². The van der Waals surface area contributed by atoms with Crippen molar-refractivity contribution in [3.05, 3.63) is 63.8 Å². The van der Waals surface area contributed by atoms with E-state index in [0.717, 1.165) is 59.5 Å². The minimum absolute atomic E-state index is 0.109. The predicted octanol–water partition coefficient (Wildman–Crippen LogP) is 3.55. The molecule has 3 aromatic heterocycles. The fourth-order valence-corrected chi connectivity index (χ4v) is 5.13. The highest BCUT2D eigenvalue weighted by molar-refractivity contribution is 6.31. The van der Waals surface area contributed by atoms with Gasteiger partial charge in [-0.15, -0.1) is 0 Å². The Labute approximate surface area is 165 Å². The van der Waals surface area contributed by atoms with E-state index in [1.54, 1.807) is 12.4 Å². The lowest BCUT2D eigenvalue weighted by molar-refractivity contribution is 0.281. The minimum Gasteiger partial charge on any atom is -0.354 e. The van der Waals surface area contributed by atoms with Crippen LogP contribution in [0.5, 0.6) is 0 Å². The van der Waals surface area contributed by atoms with E-state index in [-0.39, 0.29) is 5.56 Å². The van der Waals surface area contributed by atoms with Crippen molar-refractivity contribution in [1.82, 2.24) is 19.5 Å². The van der Waals surface area contributed by atoms with Gasteiger partial charge in [0.1, 0.15) is 17.4 Å². The number of aromatic nitrogens is 4. The Balaban J connectivity index is 1.47. The number of aromatic amines is 1. The highest BCUT2D eigenvalue weighted by Gasteiger charge is 2.35. The topological polar surface area (TPSA) is 66.8 Å². The summed E-state index contributed by atoms with van der Waals surface area (Å²) in [6.07, 6.45) is 2.76. The van der Waals surface area contributed by atoms with Crippen LogP contribution >= 0.6 is 11.6 Å². The van der Waals surface area contributed by atoms with Gasteiger partial charge in [-0.25, -0.2) is 9.97 Å². The lowest BCUT2D eigenvalue weighted by Gasteiger charge is -2.43. The number of H-pyrrole nitrogens is 1. The lowest BCUT2D eigenvalue weighted by atomic mass is 9.83. The molecule has 0 unspecified atom stereocenters. The molecule has 140 valence electrons. The first-order valence-corrected chi connectivity index (χ1v) is 9.92. The molecule has 6 rings (SSSR count). The van der Waals surface area contributed by atoms with Crippen LogP contribution in [0.3, 0.4) is 0 Å². The number of nitrogens with zero attached hydrogens (tertiary/aromatic N) is 4. The maximum absolute atomic E-state index is 12.3. The number of benzene rings is 1. The van der Waals surface area contributed by atoms with Crippen LogP contribution in [0.2, 0.25) is 5.02 Å². The highest BCUT2D eigenvalue weighted by atomic mass is 35.5. The number of piperidine rings is 1. The molecule has 2 aliphatic rings. The molecule has 28 heavy (non-hydrogen) atoms. The molecule has 4 aromatic rings. The van der Waals surface area contributed by atoms with Crippen LogP contribution in [0, 0.1) is 5.92 Å². The van der Waals surface area contributed by atoms with Crippen molar-refractivity contribution in [3.8, 4) is 0 Å². The number of pyridine rings is 1. The zero-order chi connectivity index (χ0) is 18.8. The minimum atomic E-state index is 0.109. The Morgan fingerprint density at radius 1 is 1.11 bits per heavy atom. The zero-order valence-corrected chi connectivity index (χ0v) is 15.9. The summed E-state index contributed by atoms with van der Waals surface area (Å²) in [6.45, 7) is 2.51. The largest absolute Gasteiger partial charge is 0.354 e. The molecule has 1 fully saturated rings. The molecular formula is C21H18ClN5O. The van der Waals surface area contributed by atoms with Crippen molar-refractivity contribution in [2.24, 2.45) is 5.92 Å². The number of halogens is 1. The van der Waals surface area contributed by atoms with Gasteiger partial charge >= 0.3 is 0 Å². The number of fused-ring (bicyclic) bond motifs is 7. The molecule has 0 spiro atoms. The molecule has 0 radical (unpaired) electrons. The van der Waals surface area contributed by atoms with E-state index < -0.39 is 0 Å². The fourth-order valence-electron chi connectivity index (χ4n) is 4.96. The normalized spacial score (nSPS) is 21.2. The van der Waals surface area contributed by atoms with Gasteiger partial charge in [0.15, 0.2) is 5.82 Å². The molecule has 0 aliphatic carbocycles. The van der Waals surface area contributed by atoms with Crippen LogP contribution in [-0.4, -0.2) is 32.6 Å². The summed E-state index contributed by atoms with van der Waals surface area (Å²) in [5.74, 6) is 1.71. The fraction of sp³-hybridized carbons (Fsp3) is 0.286. The molecule has 6 nitrogen and oxygen atoms in total. The van der Waals surface area contributed by atoms with Gasteiger partial charge < -0.3 is 14.5 Å². The Kier molecular flexibility index (Phi) is 3.35. The molecule has 5 heterocycles. The van der Waals surface area contributed by atoms with Gasteiger partial charge in [0.25, 0.3) is 5.56 Å². The third-order valence-electron chi connectivity index (χ3n) is 6.10. The maximum atomic E-state index is 12.3. The monoisotopic (exact) mass is 391 g/mol. The van der Waals surface area contributed by atoms with Crippen LogP contribution < -0.4 is 10.5 Å². The second-order valence-corrected chi connectivity index (χ2v) is 8.28. The van der Waals surface area contributed by atoms with Crippen LogP contribution in [-0.2, 0) is 6.54 Å². The van der Waals surface area contributed by atoms with E-state index in [1.165, 1.54) is 0 Å². The maximum Gasteiger partial charge on any atom is 0.250 e. The van der Waals surface area contributed by atoms with Crippen molar-refractivity contribution in [1.29, 1.82) is 0 Å². The third-order valence-corrected chi connectivity index (χ3v) is 6.34. The van der Waals surface area contributed by atoms with Crippen molar-refractivity contribution in [2.45, 2.75) is 18.9 Å². The van der Waals surface area contributed by atoms with E-state index in [2.05, 4.69) is 25.9 Å². The summed E-state index contributed by atoms with van der Waals surface area (Å²) in [6, 6.07) is 11.4. The van der Waals surface area contributed by atoms with Crippen LogP contribution in [0.25, 0.3) is 21.9 Å². The molecule has 2 atom stereocenters. The van der Waals surface area contributed by atoms with Gasteiger partial charge in [0.2, 0.25) is 0 Å². The smallest absolute Gasteiger partial charge is 0.250 e. The Morgan fingerprint density at radius 3 is 2.96 bits per heavy atom. The van der Waals surface area contributed by atoms with Gasteiger partial charge in [-0.2, -0.15) is 0 Å². The molecule has 2 aliphatic heterocycles. The van der Waals surface area contributed by atoms with Crippen LogP contribution in [0.4, 0.5) is 5.82 Å². The van der Waals surface area contributed by atoms with Gasteiger partial charge in [-0.1, -0.05) is 17.7 Å². The van der Waals surface area contributed by atoms with Crippen LogP contribution in [0.1, 0.15) is 18.0 Å². The second-order valence-electron chi connectivity index (χ2n) is 7.84. The molecule has 0 amide bonds. The number of hydrogen-bond acceptors (Lipinski definition) is 4. The molecule has 2 bridgehead atoms. The summed E-state index contributed by atoms with van der Waals surface area (Å²) in [5, 5.41) is 1.71. The summed E-state index contributed by atoms with van der Waals surface area (Å²) in [7, 11) is 0. The standard InChI is InChI=1S/C21H18ClN5O/c22-14-4-5-16-15(7-14)19-20(25-16)21(24-11-23-19)26-8-12-6-13(10-26)17-2-1-3-18(28)27(17)9-12/h1-5,7,11-13,25H,6,8-10H2/t12-,13+/m0/s1. The first-order chi connectivity index (χ1) is 13.7. The van der Waals surface area contributed by atoms with E-state index >= 15 is 0 Å². The van der Waals surface area contributed by atoms with Crippen molar-refractivity contribution in [3.63, 3.8) is 0 Å². The van der Waals surface area contributed by atoms with E-state index in [0.29, 0.717) is 16.9 Å². The van der Waals surface area contributed by atoms with Gasteiger partial charge in [-0.3, -0.25) is 4.79 Å². The first-order valence-electron chi connectivity index (χ1n) is 9.54.